The first-order valence-corrected chi connectivity index (χ1v) is 9.81. The van der Waals surface area contributed by atoms with E-state index in [2.05, 4.69) is 15.5 Å². The molecule has 9 heteroatoms. The Kier molecular flexibility index (Phi) is 5.82. The lowest BCUT2D eigenvalue weighted by atomic mass is 10.1. The Morgan fingerprint density at radius 3 is 2.78 bits per heavy atom. The maximum atomic E-state index is 12.3. The van der Waals surface area contributed by atoms with Gasteiger partial charge in [-0.05, 0) is 31.0 Å². The number of hydrogen-bond donors (Lipinski definition) is 1. The molecule has 0 amide bonds. The summed E-state index contributed by atoms with van der Waals surface area (Å²) in [7, 11) is 0. The van der Waals surface area contributed by atoms with Crippen LogP contribution in [-0.4, -0.2) is 26.7 Å². The van der Waals surface area contributed by atoms with Crippen molar-refractivity contribution in [3.8, 4) is 0 Å². The van der Waals surface area contributed by atoms with E-state index in [1.807, 2.05) is 32.0 Å². The highest BCUT2D eigenvalue weighted by Gasteiger charge is 2.14. The van der Waals surface area contributed by atoms with E-state index in [9.17, 15) is 14.9 Å². The number of nitrogens with one attached hydrogen (secondary N) is 1. The molecule has 0 unspecified atom stereocenters. The van der Waals surface area contributed by atoms with Crippen LogP contribution in [-0.2, 0) is 0 Å². The highest BCUT2D eigenvalue weighted by Crippen LogP contribution is 2.30. The van der Waals surface area contributed by atoms with Crippen molar-refractivity contribution in [1.82, 2.24) is 10.2 Å². The Hall–Kier alpha value is -2.78. The van der Waals surface area contributed by atoms with Crippen LogP contribution in [0.4, 0.5) is 16.5 Å². The Labute approximate surface area is 164 Å². The third-order valence-electron chi connectivity index (χ3n) is 3.96. The maximum absolute atomic E-state index is 12.3. The van der Waals surface area contributed by atoms with E-state index >= 15 is 0 Å². The summed E-state index contributed by atoms with van der Waals surface area (Å²) in [6.07, 6.45) is 0. The molecule has 2 aromatic carbocycles. The molecule has 0 aliphatic rings. The van der Waals surface area contributed by atoms with Gasteiger partial charge in [-0.1, -0.05) is 47.4 Å². The number of Topliss-reactive ketones (excluding diaryl/α,β-unsaturated/α-hetero) is 1. The summed E-state index contributed by atoms with van der Waals surface area (Å²) in [4.78, 5) is 22.6. The summed E-state index contributed by atoms with van der Waals surface area (Å²) >= 11 is 2.62. The second-order valence-corrected chi connectivity index (χ2v) is 7.96. The van der Waals surface area contributed by atoms with E-state index in [4.69, 9.17) is 0 Å². The first kappa shape index (κ1) is 19.0. The van der Waals surface area contributed by atoms with Crippen LogP contribution in [0.5, 0.6) is 0 Å². The van der Waals surface area contributed by atoms with E-state index in [0.717, 1.165) is 11.3 Å². The molecule has 0 aliphatic heterocycles. The zero-order chi connectivity index (χ0) is 19.4. The molecule has 7 nitrogen and oxygen atoms in total. The number of thioether (sulfide) groups is 1. The summed E-state index contributed by atoms with van der Waals surface area (Å²) in [6.45, 7) is 4.08. The van der Waals surface area contributed by atoms with Crippen molar-refractivity contribution in [3.63, 3.8) is 0 Å². The van der Waals surface area contributed by atoms with Gasteiger partial charge >= 0.3 is 0 Å². The Bertz CT molecular complexity index is 1000. The van der Waals surface area contributed by atoms with Crippen molar-refractivity contribution >= 4 is 45.4 Å². The van der Waals surface area contributed by atoms with Crippen LogP contribution in [0, 0.1) is 24.0 Å². The second kappa shape index (κ2) is 8.28. The summed E-state index contributed by atoms with van der Waals surface area (Å²) in [5.74, 6) is -0.0536. The molecule has 0 saturated heterocycles. The number of hydrogen-bond acceptors (Lipinski definition) is 8. The minimum atomic E-state index is -0.514. The van der Waals surface area contributed by atoms with Crippen LogP contribution < -0.4 is 5.32 Å². The normalized spacial score (nSPS) is 10.6. The number of aryl methyl sites for hydroxylation is 1. The number of rotatable bonds is 7. The maximum Gasteiger partial charge on any atom is 0.270 e. The third-order valence-corrected chi connectivity index (χ3v) is 5.93. The van der Waals surface area contributed by atoms with Crippen LogP contribution in [0.1, 0.15) is 21.5 Å². The molecule has 1 heterocycles. The van der Waals surface area contributed by atoms with Crippen molar-refractivity contribution in [1.29, 1.82) is 0 Å². The van der Waals surface area contributed by atoms with Crippen LogP contribution >= 0.6 is 23.1 Å². The molecule has 0 spiro atoms. The Balaban J connectivity index is 1.62. The fourth-order valence-corrected chi connectivity index (χ4v) is 3.98. The number of nitro groups is 1. The van der Waals surface area contributed by atoms with Crippen molar-refractivity contribution in [3.05, 3.63) is 69.3 Å². The fourth-order valence-electron chi connectivity index (χ4n) is 2.32. The predicted molar refractivity (Wildman–Crippen MR) is 107 cm³/mol. The highest BCUT2D eigenvalue weighted by molar-refractivity contribution is 8.01. The zero-order valence-electron chi connectivity index (χ0n) is 14.6. The van der Waals surface area contributed by atoms with Gasteiger partial charge in [0.05, 0.1) is 10.7 Å². The van der Waals surface area contributed by atoms with Crippen molar-refractivity contribution in [2.24, 2.45) is 0 Å². The van der Waals surface area contributed by atoms with Gasteiger partial charge in [0.1, 0.15) is 0 Å². The molecule has 0 fully saturated rings. The van der Waals surface area contributed by atoms with Crippen LogP contribution in [0.2, 0.25) is 0 Å². The van der Waals surface area contributed by atoms with E-state index in [1.54, 1.807) is 6.07 Å². The number of carbonyl (C=O) groups is 1. The van der Waals surface area contributed by atoms with Crippen molar-refractivity contribution in [2.75, 3.05) is 11.1 Å². The van der Waals surface area contributed by atoms with Crippen LogP contribution in [0.15, 0.2) is 46.8 Å². The number of anilines is 2. The van der Waals surface area contributed by atoms with Gasteiger partial charge in [0.15, 0.2) is 10.1 Å². The third kappa shape index (κ3) is 4.69. The lowest BCUT2D eigenvalue weighted by Gasteiger charge is -2.08. The molecule has 0 atom stereocenters. The minimum Gasteiger partial charge on any atom is -0.330 e. The first-order valence-electron chi connectivity index (χ1n) is 8.01. The zero-order valence-corrected chi connectivity index (χ0v) is 16.3. The molecule has 1 N–H and O–H groups in total. The number of benzene rings is 2. The quantitative estimate of drug-likeness (QED) is 0.264. The number of ketones is 1. The lowest BCUT2D eigenvalue weighted by molar-refractivity contribution is -0.384. The van der Waals surface area contributed by atoms with E-state index < -0.39 is 4.92 Å². The number of aromatic nitrogens is 2. The summed E-state index contributed by atoms with van der Waals surface area (Å²) < 4.78 is 0.654. The van der Waals surface area contributed by atoms with Gasteiger partial charge in [-0.25, -0.2) is 0 Å². The summed E-state index contributed by atoms with van der Waals surface area (Å²) in [5.41, 5.74) is 3.51. The van der Waals surface area contributed by atoms with Gasteiger partial charge in [0, 0.05) is 23.4 Å². The predicted octanol–water partition coefficient (Wildman–Crippen LogP) is 4.78. The Morgan fingerprint density at radius 1 is 1.22 bits per heavy atom. The molecular formula is C18H16N4O3S2. The molecule has 0 bridgehead atoms. The average Bonchev–Trinajstić information content (AvgIpc) is 3.11. The molecule has 27 heavy (non-hydrogen) atoms. The van der Waals surface area contributed by atoms with Gasteiger partial charge in [0.25, 0.3) is 5.69 Å². The number of carbonyl (C=O) groups excluding carboxylic acids is 1. The van der Waals surface area contributed by atoms with Crippen LogP contribution in [0.3, 0.4) is 0 Å². The average molecular weight is 400 g/mol. The molecule has 1 aromatic heterocycles. The highest BCUT2D eigenvalue weighted by atomic mass is 32.2. The van der Waals surface area contributed by atoms with E-state index in [-0.39, 0.29) is 17.2 Å². The number of nitrogens with zero attached hydrogens (tertiary/aromatic N) is 3. The Morgan fingerprint density at radius 2 is 2.00 bits per heavy atom. The minimum absolute atomic E-state index is 0.0956. The topological polar surface area (TPSA) is 98.0 Å². The molecule has 0 saturated carbocycles. The van der Waals surface area contributed by atoms with E-state index in [0.29, 0.717) is 15.0 Å². The van der Waals surface area contributed by atoms with Gasteiger partial charge < -0.3 is 5.32 Å². The fraction of sp³-hybridized carbons (Fsp3) is 0.167. The molecule has 3 aromatic rings. The van der Waals surface area contributed by atoms with Gasteiger partial charge in [-0.2, -0.15) is 0 Å². The second-order valence-electron chi connectivity index (χ2n) is 5.76. The summed E-state index contributed by atoms with van der Waals surface area (Å²) in [5, 5.41) is 22.9. The van der Waals surface area contributed by atoms with Gasteiger partial charge in [0.2, 0.25) is 5.13 Å². The lowest BCUT2D eigenvalue weighted by Crippen LogP contribution is -2.03. The number of nitro benzene ring substituents is 1. The number of non-ortho nitro benzene ring substituents is 1. The first-order chi connectivity index (χ1) is 12.9. The molecule has 138 valence electrons. The molecule has 3 rings (SSSR count). The largest absolute Gasteiger partial charge is 0.330 e. The van der Waals surface area contributed by atoms with E-state index in [1.165, 1.54) is 46.9 Å². The van der Waals surface area contributed by atoms with Crippen LogP contribution in [0.25, 0.3) is 0 Å². The smallest absolute Gasteiger partial charge is 0.270 e. The van der Waals surface area contributed by atoms with Gasteiger partial charge in [-0.3, -0.25) is 14.9 Å². The van der Waals surface area contributed by atoms with Crippen molar-refractivity contribution in [2.45, 2.75) is 18.2 Å². The summed E-state index contributed by atoms with van der Waals surface area (Å²) in [6, 6.07) is 11.7. The van der Waals surface area contributed by atoms with Gasteiger partial charge in [-0.15, -0.1) is 10.2 Å². The monoisotopic (exact) mass is 400 g/mol. The standard InChI is InChI=1S/C18H16N4O3S2/c1-11-5-3-8-15(12(11)2)19-17-20-21-18(27-17)26-10-16(23)13-6-4-7-14(9-13)22(24)25/h3-9H,10H2,1-2H3,(H,19,20). The molecule has 0 aliphatic carbocycles. The SMILES string of the molecule is Cc1cccc(Nc2nnc(SCC(=O)c3cccc([N+](=O)[O-])c3)s2)c1C. The molecule has 0 radical (unpaired) electrons. The molecular weight excluding hydrogens is 384 g/mol. The van der Waals surface area contributed by atoms with Crippen molar-refractivity contribution < 1.29 is 9.72 Å².